The predicted octanol–water partition coefficient (Wildman–Crippen LogP) is -1.84. The zero-order valence-electron chi connectivity index (χ0n) is 10.0. The number of rotatable bonds is 8. The van der Waals surface area contributed by atoms with Crippen molar-refractivity contribution in [3.63, 3.8) is 0 Å². The van der Waals surface area contributed by atoms with Crippen LogP contribution in [0, 0.1) is 5.92 Å². The second-order valence-corrected chi connectivity index (χ2v) is 3.90. The molecular weight excluding hydrogens is 224 g/mol. The van der Waals surface area contributed by atoms with Crippen LogP contribution in [-0.4, -0.2) is 42.3 Å². The van der Waals surface area contributed by atoms with Gasteiger partial charge in [0.1, 0.15) is 0 Å². The van der Waals surface area contributed by atoms with Crippen LogP contribution in [0.5, 0.6) is 0 Å². The van der Waals surface area contributed by atoms with Gasteiger partial charge in [-0.25, -0.2) is 0 Å². The van der Waals surface area contributed by atoms with E-state index in [0.717, 1.165) is 11.3 Å². The van der Waals surface area contributed by atoms with Crippen molar-refractivity contribution < 1.29 is 14.4 Å². The van der Waals surface area contributed by atoms with E-state index in [2.05, 4.69) is 0 Å². The lowest BCUT2D eigenvalue weighted by molar-refractivity contribution is -0.138. The maximum atomic E-state index is 11.8. The minimum atomic E-state index is -0.680. The Bertz CT molecular complexity index is 273. The van der Waals surface area contributed by atoms with Crippen LogP contribution < -0.4 is 17.2 Å². The summed E-state index contributed by atoms with van der Waals surface area (Å²) in [5, 5.41) is 0. The van der Waals surface area contributed by atoms with E-state index >= 15 is 0 Å². The molecule has 0 saturated heterocycles. The van der Waals surface area contributed by atoms with Gasteiger partial charge in [-0.15, -0.1) is 0 Å². The van der Waals surface area contributed by atoms with Crippen molar-refractivity contribution in [3.8, 4) is 0 Å². The van der Waals surface area contributed by atoms with Crippen LogP contribution in [0.2, 0.25) is 0 Å². The molecule has 1 atom stereocenters. The molecule has 0 fully saturated rings. The van der Waals surface area contributed by atoms with Crippen molar-refractivity contribution >= 4 is 17.7 Å². The molecule has 0 radical (unpaired) electrons. The summed E-state index contributed by atoms with van der Waals surface area (Å²) in [6.45, 7) is 1.69. The average molecular weight is 244 g/mol. The van der Waals surface area contributed by atoms with Crippen LogP contribution in [0.3, 0.4) is 0 Å². The third-order valence-electron chi connectivity index (χ3n) is 2.42. The SMILES string of the molecule is CCC(CN)CC(=O)N(CC(N)=O)CC(N)=O. The lowest BCUT2D eigenvalue weighted by atomic mass is 10.0. The Morgan fingerprint density at radius 2 is 1.59 bits per heavy atom. The Balaban J connectivity index is 4.50. The third-order valence-corrected chi connectivity index (χ3v) is 2.42. The Labute approximate surface area is 100 Å². The highest BCUT2D eigenvalue weighted by Gasteiger charge is 2.20. The zero-order valence-corrected chi connectivity index (χ0v) is 10.0. The number of primary amides is 2. The molecule has 0 aliphatic heterocycles. The summed E-state index contributed by atoms with van der Waals surface area (Å²) in [5.74, 6) is -1.66. The molecule has 98 valence electrons. The smallest absolute Gasteiger partial charge is 0.237 e. The van der Waals surface area contributed by atoms with Gasteiger partial charge in [0.2, 0.25) is 17.7 Å². The highest BCUT2D eigenvalue weighted by molar-refractivity contribution is 5.88. The topological polar surface area (TPSA) is 133 Å². The van der Waals surface area contributed by atoms with E-state index in [4.69, 9.17) is 17.2 Å². The van der Waals surface area contributed by atoms with E-state index in [9.17, 15) is 14.4 Å². The van der Waals surface area contributed by atoms with Crippen LogP contribution in [0.25, 0.3) is 0 Å². The molecule has 0 aromatic rings. The molecule has 0 saturated carbocycles. The van der Waals surface area contributed by atoms with Crippen LogP contribution in [0.4, 0.5) is 0 Å². The van der Waals surface area contributed by atoms with E-state index in [1.54, 1.807) is 0 Å². The molecule has 0 spiro atoms. The summed E-state index contributed by atoms with van der Waals surface area (Å²) < 4.78 is 0. The number of carbonyl (C=O) groups excluding carboxylic acids is 3. The number of amides is 3. The first-order chi connectivity index (χ1) is 7.90. The van der Waals surface area contributed by atoms with E-state index in [0.29, 0.717) is 6.54 Å². The van der Waals surface area contributed by atoms with Crippen molar-refractivity contribution in [2.24, 2.45) is 23.1 Å². The molecule has 7 heteroatoms. The molecule has 0 aliphatic carbocycles. The van der Waals surface area contributed by atoms with Crippen molar-refractivity contribution in [3.05, 3.63) is 0 Å². The van der Waals surface area contributed by atoms with Gasteiger partial charge in [-0.1, -0.05) is 13.3 Å². The molecule has 0 bridgehead atoms. The quantitative estimate of drug-likeness (QED) is 0.462. The minimum absolute atomic E-state index is 0.0331. The lowest BCUT2D eigenvalue weighted by Gasteiger charge is -2.21. The lowest BCUT2D eigenvalue weighted by Crippen LogP contribution is -2.44. The summed E-state index contributed by atoms with van der Waals surface area (Å²) in [5.41, 5.74) is 15.5. The van der Waals surface area contributed by atoms with Gasteiger partial charge in [0.05, 0.1) is 13.1 Å². The highest BCUT2D eigenvalue weighted by Crippen LogP contribution is 2.08. The molecule has 0 aromatic carbocycles. The third kappa shape index (κ3) is 6.52. The zero-order chi connectivity index (χ0) is 13.4. The van der Waals surface area contributed by atoms with E-state index in [1.807, 2.05) is 6.92 Å². The second kappa shape index (κ2) is 7.61. The first kappa shape index (κ1) is 15.4. The van der Waals surface area contributed by atoms with Crippen LogP contribution >= 0.6 is 0 Å². The number of hydrogen-bond donors (Lipinski definition) is 3. The summed E-state index contributed by atoms with van der Waals surface area (Å²) in [7, 11) is 0. The van der Waals surface area contributed by atoms with Gasteiger partial charge >= 0.3 is 0 Å². The average Bonchev–Trinajstić information content (AvgIpc) is 2.23. The fraction of sp³-hybridized carbons (Fsp3) is 0.700. The van der Waals surface area contributed by atoms with Crippen LogP contribution in [0.1, 0.15) is 19.8 Å². The highest BCUT2D eigenvalue weighted by atomic mass is 16.2. The summed E-state index contributed by atoms with van der Waals surface area (Å²) >= 11 is 0. The molecule has 1 unspecified atom stereocenters. The molecule has 0 aliphatic rings. The van der Waals surface area contributed by atoms with Gasteiger partial charge in [-0.3, -0.25) is 14.4 Å². The normalized spacial score (nSPS) is 11.9. The molecule has 0 rings (SSSR count). The molecule has 17 heavy (non-hydrogen) atoms. The molecule has 3 amide bonds. The fourth-order valence-electron chi connectivity index (χ4n) is 1.38. The van der Waals surface area contributed by atoms with Crippen LogP contribution in [-0.2, 0) is 14.4 Å². The van der Waals surface area contributed by atoms with Gasteiger partial charge in [-0.2, -0.15) is 0 Å². The Hall–Kier alpha value is -1.63. The molecule has 0 aromatic heterocycles. The van der Waals surface area contributed by atoms with Gasteiger partial charge in [-0.05, 0) is 12.5 Å². The van der Waals surface area contributed by atoms with Crippen molar-refractivity contribution in [1.82, 2.24) is 4.90 Å². The van der Waals surface area contributed by atoms with Crippen molar-refractivity contribution in [2.45, 2.75) is 19.8 Å². The molecule has 0 heterocycles. The van der Waals surface area contributed by atoms with Crippen molar-refractivity contribution in [1.29, 1.82) is 0 Å². The Kier molecular flexibility index (Phi) is 6.88. The Morgan fingerprint density at radius 3 is 1.88 bits per heavy atom. The van der Waals surface area contributed by atoms with E-state index < -0.39 is 11.8 Å². The van der Waals surface area contributed by atoms with E-state index in [1.165, 1.54) is 0 Å². The summed E-state index contributed by atoms with van der Waals surface area (Å²) in [6.07, 6.45) is 0.941. The van der Waals surface area contributed by atoms with Gasteiger partial charge in [0.15, 0.2) is 0 Å². The fourth-order valence-corrected chi connectivity index (χ4v) is 1.38. The number of nitrogens with two attached hydrogens (primary N) is 3. The molecule has 6 N–H and O–H groups in total. The predicted molar refractivity (Wildman–Crippen MR) is 62.4 cm³/mol. The maximum absolute atomic E-state index is 11.8. The van der Waals surface area contributed by atoms with Gasteiger partial charge < -0.3 is 22.1 Å². The van der Waals surface area contributed by atoms with Gasteiger partial charge in [0.25, 0.3) is 0 Å². The number of nitrogens with zero attached hydrogens (tertiary/aromatic N) is 1. The standard InChI is InChI=1S/C10H20N4O3/c1-2-7(4-11)3-10(17)14(5-8(12)15)6-9(13)16/h7H,2-6,11H2,1H3,(H2,12,15)(H2,13,16). The molecule has 7 nitrogen and oxygen atoms in total. The first-order valence-electron chi connectivity index (χ1n) is 5.45. The second-order valence-electron chi connectivity index (χ2n) is 3.90. The summed E-state index contributed by atoms with van der Waals surface area (Å²) in [6, 6.07) is 0. The molecular formula is C10H20N4O3. The Morgan fingerprint density at radius 1 is 1.12 bits per heavy atom. The monoisotopic (exact) mass is 244 g/mol. The minimum Gasteiger partial charge on any atom is -0.368 e. The largest absolute Gasteiger partial charge is 0.368 e. The number of hydrogen-bond acceptors (Lipinski definition) is 4. The van der Waals surface area contributed by atoms with Gasteiger partial charge in [0, 0.05) is 6.42 Å². The first-order valence-corrected chi connectivity index (χ1v) is 5.45. The number of carbonyl (C=O) groups is 3. The summed E-state index contributed by atoms with van der Waals surface area (Å²) in [4.78, 5) is 34.4. The van der Waals surface area contributed by atoms with Crippen molar-refractivity contribution in [2.75, 3.05) is 19.6 Å². The maximum Gasteiger partial charge on any atom is 0.237 e. The van der Waals surface area contributed by atoms with E-state index in [-0.39, 0.29) is 31.3 Å². The van der Waals surface area contributed by atoms with Crippen LogP contribution in [0.15, 0.2) is 0 Å².